The highest BCUT2D eigenvalue weighted by atomic mass is 16.4. The molecule has 0 aliphatic heterocycles. The number of nitrogens with one attached hydrogen (secondary N) is 1. The number of hydrogen-bond donors (Lipinski definition) is 3. The Balaban J connectivity index is 0.000000387. The number of amides is 1. The highest BCUT2D eigenvalue weighted by Crippen LogP contribution is 2.11. The maximum Gasteiger partial charge on any atom is 0.328 e. The summed E-state index contributed by atoms with van der Waals surface area (Å²) in [6.45, 7) is 1.42. The molecule has 3 N–H and O–H groups in total. The average molecular weight is 373 g/mol. The van der Waals surface area contributed by atoms with Crippen molar-refractivity contribution in [2.75, 3.05) is 12.2 Å². The molecular formula is C18H19N3O6. The number of nitrogens with zero attached hydrogens (tertiary/aromatic N) is 2. The molecule has 0 spiro atoms. The number of carbonyl (C=O) groups is 4. The molecule has 0 fully saturated rings. The molecule has 0 aliphatic rings. The predicted octanol–water partition coefficient (Wildman–Crippen LogP) is 1.05. The first kappa shape index (κ1) is 21.3. The van der Waals surface area contributed by atoms with Gasteiger partial charge in [-0.15, -0.1) is 0 Å². The van der Waals surface area contributed by atoms with Crippen LogP contribution in [0, 0.1) is 0 Å². The average Bonchev–Trinajstić information content (AvgIpc) is 3.10. The first-order valence-electron chi connectivity index (χ1n) is 7.67. The quantitative estimate of drug-likeness (QED) is 0.392. The van der Waals surface area contributed by atoms with Crippen molar-refractivity contribution in [2.24, 2.45) is 0 Å². The molecule has 0 radical (unpaired) electrons. The van der Waals surface area contributed by atoms with E-state index < -0.39 is 11.9 Å². The van der Waals surface area contributed by atoms with Gasteiger partial charge in [0.05, 0.1) is 0 Å². The lowest BCUT2D eigenvalue weighted by Gasteiger charge is -2.22. The van der Waals surface area contributed by atoms with Crippen LogP contribution in [0.5, 0.6) is 0 Å². The van der Waals surface area contributed by atoms with Gasteiger partial charge in [0.25, 0.3) is 5.91 Å². The molecule has 0 unspecified atom stereocenters. The van der Waals surface area contributed by atoms with E-state index in [2.05, 4.69) is 5.43 Å². The van der Waals surface area contributed by atoms with Crippen LogP contribution in [0.1, 0.15) is 23.0 Å². The van der Waals surface area contributed by atoms with E-state index >= 15 is 0 Å². The Bertz CT molecular complexity index is 826. The lowest BCUT2D eigenvalue weighted by atomic mass is 10.1. The Morgan fingerprint density at radius 3 is 1.96 bits per heavy atom. The fourth-order valence-electron chi connectivity index (χ4n) is 2.02. The summed E-state index contributed by atoms with van der Waals surface area (Å²) in [4.78, 5) is 43.0. The fourth-order valence-corrected chi connectivity index (χ4v) is 2.02. The van der Waals surface area contributed by atoms with E-state index in [1.54, 1.807) is 49.6 Å². The summed E-state index contributed by atoms with van der Waals surface area (Å²) in [6.07, 6.45) is 2.78. The second-order valence-electron chi connectivity index (χ2n) is 5.00. The number of carboxylic acid groups (broad SMARTS) is 2. The molecule has 0 saturated heterocycles. The van der Waals surface area contributed by atoms with Crippen molar-refractivity contribution >= 4 is 23.6 Å². The van der Waals surface area contributed by atoms with Crippen LogP contribution < -0.4 is 10.5 Å². The van der Waals surface area contributed by atoms with E-state index in [1.807, 2.05) is 6.07 Å². The zero-order chi connectivity index (χ0) is 20.4. The normalized spacial score (nSPS) is 10.0. The monoisotopic (exact) mass is 373 g/mol. The molecule has 0 saturated carbocycles. The molecule has 9 heteroatoms. The van der Waals surface area contributed by atoms with Gasteiger partial charge in [0, 0.05) is 37.9 Å². The van der Waals surface area contributed by atoms with Crippen LogP contribution >= 0.6 is 0 Å². The Hall–Kier alpha value is -3.72. The van der Waals surface area contributed by atoms with Crippen molar-refractivity contribution in [1.29, 1.82) is 0 Å². The number of rotatable bonds is 6. The number of aromatic nitrogens is 1. The Morgan fingerprint density at radius 2 is 1.52 bits per heavy atom. The Labute approximate surface area is 155 Å². The number of ketones is 1. The number of hydrogen-bond acceptors (Lipinski definition) is 5. The van der Waals surface area contributed by atoms with Gasteiger partial charge in [-0.1, -0.05) is 30.3 Å². The summed E-state index contributed by atoms with van der Waals surface area (Å²) in [5.41, 5.74) is 3.76. The SMILES string of the molecule is CNN(C(C)=O)n1cccc1C(=O)c1ccccc1.O=C(O)/C=C/C(=O)O. The molecule has 1 heterocycles. The third kappa shape index (κ3) is 6.59. The van der Waals surface area contributed by atoms with Gasteiger partial charge in [-0.05, 0) is 12.1 Å². The summed E-state index contributed by atoms with van der Waals surface area (Å²) >= 11 is 0. The molecule has 0 atom stereocenters. The third-order valence-corrected chi connectivity index (χ3v) is 3.09. The van der Waals surface area contributed by atoms with Crippen LogP contribution in [0.25, 0.3) is 0 Å². The first-order chi connectivity index (χ1) is 12.8. The van der Waals surface area contributed by atoms with Crippen molar-refractivity contribution in [3.63, 3.8) is 0 Å². The molecule has 27 heavy (non-hydrogen) atoms. The van der Waals surface area contributed by atoms with Crippen LogP contribution in [0.3, 0.4) is 0 Å². The van der Waals surface area contributed by atoms with Crippen molar-refractivity contribution in [2.45, 2.75) is 6.92 Å². The minimum absolute atomic E-state index is 0.132. The highest BCUT2D eigenvalue weighted by molar-refractivity contribution is 6.08. The molecule has 1 amide bonds. The third-order valence-electron chi connectivity index (χ3n) is 3.09. The maximum atomic E-state index is 12.4. The fraction of sp³-hybridized carbons (Fsp3) is 0.111. The smallest absolute Gasteiger partial charge is 0.328 e. The summed E-state index contributed by atoms with van der Waals surface area (Å²) in [6, 6.07) is 12.4. The van der Waals surface area contributed by atoms with E-state index in [4.69, 9.17) is 10.2 Å². The van der Waals surface area contributed by atoms with E-state index in [-0.39, 0.29) is 11.7 Å². The van der Waals surface area contributed by atoms with Crippen LogP contribution in [0.2, 0.25) is 0 Å². The lowest BCUT2D eigenvalue weighted by molar-refractivity contribution is -0.134. The largest absolute Gasteiger partial charge is 0.478 e. The van der Waals surface area contributed by atoms with Crippen molar-refractivity contribution < 1.29 is 29.4 Å². The van der Waals surface area contributed by atoms with Gasteiger partial charge in [-0.25, -0.2) is 19.7 Å². The molecule has 1 aromatic carbocycles. The molecule has 2 aromatic rings. The predicted molar refractivity (Wildman–Crippen MR) is 96.7 cm³/mol. The second kappa shape index (κ2) is 10.3. The van der Waals surface area contributed by atoms with Gasteiger partial charge >= 0.3 is 11.9 Å². The van der Waals surface area contributed by atoms with E-state index in [0.29, 0.717) is 23.4 Å². The van der Waals surface area contributed by atoms with Crippen molar-refractivity contribution in [3.05, 3.63) is 72.1 Å². The molecule has 0 bridgehead atoms. The molecular weight excluding hydrogens is 354 g/mol. The minimum Gasteiger partial charge on any atom is -0.478 e. The lowest BCUT2D eigenvalue weighted by Crippen LogP contribution is -2.48. The zero-order valence-electron chi connectivity index (χ0n) is 14.7. The highest BCUT2D eigenvalue weighted by Gasteiger charge is 2.18. The molecule has 2 rings (SSSR count). The van der Waals surface area contributed by atoms with E-state index in [0.717, 1.165) is 0 Å². The number of carboxylic acids is 2. The number of aliphatic carboxylic acids is 2. The Kier molecular flexibility index (Phi) is 8.14. The minimum atomic E-state index is -1.26. The topological polar surface area (TPSA) is 129 Å². The van der Waals surface area contributed by atoms with Crippen molar-refractivity contribution in [3.8, 4) is 0 Å². The number of carbonyl (C=O) groups excluding carboxylic acids is 2. The summed E-state index contributed by atoms with van der Waals surface area (Å²) in [5.74, 6) is -2.85. The molecule has 0 aliphatic carbocycles. The Morgan fingerprint density at radius 1 is 0.963 bits per heavy atom. The van der Waals surface area contributed by atoms with Crippen LogP contribution in [-0.4, -0.2) is 45.6 Å². The maximum absolute atomic E-state index is 12.4. The van der Waals surface area contributed by atoms with Gasteiger partial charge in [0.15, 0.2) is 0 Å². The number of benzene rings is 1. The van der Waals surface area contributed by atoms with Gasteiger partial charge < -0.3 is 10.2 Å². The summed E-state index contributed by atoms with van der Waals surface area (Å²) in [7, 11) is 1.62. The molecule has 142 valence electrons. The van der Waals surface area contributed by atoms with Crippen molar-refractivity contribution in [1.82, 2.24) is 10.1 Å². The van der Waals surface area contributed by atoms with Gasteiger partial charge in [-0.2, -0.15) is 5.12 Å². The number of hydrazine groups is 1. The molecule has 1 aromatic heterocycles. The van der Waals surface area contributed by atoms with Crippen LogP contribution in [-0.2, 0) is 14.4 Å². The van der Waals surface area contributed by atoms with E-state index in [9.17, 15) is 19.2 Å². The van der Waals surface area contributed by atoms with Gasteiger partial charge in [0.2, 0.25) is 5.78 Å². The second-order valence-corrected chi connectivity index (χ2v) is 5.00. The van der Waals surface area contributed by atoms with E-state index in [1.165, 1.54) is 16.7 Å². The van der Waals surface area contributed by atoms with Gasteiger partial charge in [-0.3, -0.25) is 9.59 Å². The summed E-state index contributed by atoms with van der Waals surface area (Å²) in [5, 5.41) is 16.9. The summed E-state index contributed by atoms with van der Waals surface area (Å²) < 4.78 is 1.50. The van der Waals surface area contributed by atoms with Gasteiger partial charge in [0.1, 0.15) is 5.69 Å². The first-order valence-corrected chi connectivity index (χ1v) is 7.67. The zero-order valence-corrected chi connectivity index (χ0v) is 14.7. The standard InChI is InChI=1S/C14H15N3O2.C4H4O4/c1-11(18)17(15-2)16-10-6-9-13(16)14(19)12-7-4-3-5-8-12;5-3(6)1-2-4(7)8/h3-10,15H,1-2H3;1-2H,(H,5,6)(H,7,8)/b;2-1+. The molecule has 9 nitrogen and oxygen atoms in total. The van der Waals surface area contributed by atoms with Crippen LogP contribution in [0.15, 0.2) is 60.8 Å². The van der Waals surface area contributed by atoms with Crippen LogP contribution in [0.4, 0.5) is 0 Å².